The fraction of sp³-hybridized carbons (Fsp3) is 0.333. The minimum atomic E-state index is -0.357. The highest BCUT2D eigenvalue weighted by atomic mass is 19.1. The maximum atomic E-state index is 13.0. The highest BCUT2D eigenvalue weighted by Gasteiger charge is 2.28. The van der Waals surface area contributed by atoms with Crippen molar-refractivity contribution in [1.82, 2.24) is 10.2 Å². The monoisotopic (exact) mass is 385 g/mol. The van der Waals surface area contributed by atoms with Crippen LogP contribution >= 0.6 is 0 Å². The molecule has 3 amide bonds. The maximum absolute atomic E-state index is 13.0. The van der Waals surface area contributed by atoms with Crippen LogP contribution in [-0.4, -0.2) is 37.0 Å². The summed E-state index contributed by atoms with van der Waals surface area (Å²) in [4.78, 5) is 26.6. The number of ether oxygens (including phenoxy) is 1. The van der Waals surface area contributed by atoms with Crippen LogP contribution in [0.15, 0.2) is 48.5 Å². The zero-order valence-corrected chi connectivity index (χ0v) is 15.8. The fourth-order valence-corrected chi connectivity index (χ4v) is 3.19. The number of hydrogen-bond donors (Lipinski definition) is 2. The summed E-state index contributed by atoms with van der Waals surface area (Å²) in [5.41, 5.74) is 1.51. The smallest absolute Gasteiger partial charge is 0.321 e. The van der Waals surface area contributed by atoms with Crippen LogP contribution in [0.3, 0.4) is 0 Å². The molecule has 148 valence electrons. The van der Waals surface area contributed by atoms with Gasteiger partial charge >= 0.3 is 6.03 Å². The molecule has 2 aromatic rings. The molecule has 0 bridgehead atoms. The molecule has 0 aromatic heterocycles. The Bertz CT molecular complexity index is 809. The topological polar surface area (TPSA) is 70.7 Å². The van der Waals surface area contributed by atoms with E-state index in [1.807, 2.05) is 24.3 Å². The van der Waals surface area contributed by atoms with Gasteiger partial charge in [0, 0.05) is 25.3 Å². The van der Waals surface area contributed by atoms with Gasteiger partial charge in [0.05, 0.1) is 13.0 Å². The molecule has 1 aliphatic rings. The van der Waals surface area contributed by atoms with Gasteiger partial charge in [-0.15, -0.1) is 0 Å². The first kappa shape index (κ1) is 19.7. The molecule has 1 aliphatic heterocycles. The minimum Gasteiger partial charge on any atom is -0.497 e. The molecule has 1 saturated heterocycles. The van der Waals surface area contributed by atoms with Crippen LogP contribution in [0.1, 0.15) is 18.4 Å². The Labute approximate surface area is 163 Å². The van der Waals surface area contributed by atoms with Crippen LogP contribution < -0.4 is 15.4 Å². The van der Waals surface area contributed by atoms with E-state index in [4.69, 9.17) is 4.74 Å². The van der Waals surface area contributed by atoms with Crippen LogP contribution in [0.4, 0.5) is 14.9 Å². The molecule has 1 heterocycles. The lowest BCUT2D eigenvalue weighted by Crippen LogP contribution is -2.46. The number of carbonyl (C=O) groups excluding carboxylic acids is 2. The molecule has 7 heteroatoms. The number of carbonyl (C=O) groups is 2. The van der Waals surface area contributed by atoms with Gasteiger partial charge in [-0.05, 0) is 54.8 Å². The molecule has 3 rings (SSSR count). The first-order valence-electron chi connectivity index (χ1n) is 9.27. The fourth-order valence-electron chi connectivity index (χ4n) is 3.19. The van der Waals surface area contributed by atoms with Gasteiger partial charge in [-0.2, -0.15) is 0 Å². The molecule has 1 atom stereocenters. The standard InChI is InChI=1S/C21H24FN3O3/c1-28-19-10-4-15(5-11-19)13-23-20(26)16-3-2-12-25(14-16)21(27)24-18-8-6-17(22)7-9-18/h4-11,16H,2-3,12-14H2,1H3,(H,23,26)(H,24,27). The number of amides is 3. The molecule has 1 unspecified atom stereocenters. The lowest BCUT2D eigenvalue weighted by Gasteiger charge is -2.32. The number of halogens is 1. The molecule has 2 aromatic carbocycles. The van der Waals surface area contributed by atoms with Gasteiger partial charge in [0.25, 0.3) is 0 Å². The molecule has 0 radical (unpaired) electrons. The summed E-state index contributed by atoms with van der Waals surface area (Å²) < 4.78 is 18.1. The summed E-state index contributed by atoms with van der Waals surface area (Å²) in [6.07, 6.45) is 1.51. The molecular weight excluding hydrogens is 361 g/mol. The Morgan fingerprint density at radius 2 is 1.86 bits per heavy atom. The number of benzene rings is 2. The quantitative estimate of drug-likeness (QED) is 0.829. The second-order valence-corrected chi connectivity index (χ2v) is 6.79. The Morgan fingerprint density at radius 3 is 2.54 bits per heavy atom. The SMILES string of the molecule is COc1ccc(CNC(=O)C2CCCN(C(=O)Nc3ccc(F)cc3)C2)cc1. The zero-order chi connectivity index (χ0) is 19.9. The number of piperidine rings is 1. The minimum absolute atomic E-state index is 0.0601. The van der Waals surface area contributed by atoms with Crippen molar-refractivity contribution in [2.24, 2.45) is 5.92 Å². The summed E-state index contributed by atoms with van der Waals surface area (Å²) in [5, 5.41) is 5.69. The van der Waals surface area contributed by atoms with E-state index >= 15 is 0 Å². The van der Waals surface area contributed by atoms with Crippen molar-refractivity contribution in [3.05, 3.63) is 59.9 Å². The molecule has 1 fully saturated rings. The van der Waals surface area contributed by atoms with Crippen molar-refractivity contribution in [2.75, 3.05) is 25.5 Å². The number of likely N-dealkylation sites (tertiary alicyclic amines) is 1. The normalized spacial score (nSPS) is 16.4. The predicted octanol–water partition coefficient (Wildman–Crippen LogP) is 3.39. The summed E-state index contributed by atoms with van der Waals surface area (Å²) in [6.45, 7) is 1.39. The Balaban J connectivity index is 1.50. The van der Waals surface area contributed by atoms with Crippen LogP contribution in [0, 0.1) is 11.7 Å². The highest BCUT2D eigenvalue weighted by Crippen LogP contribution is 2.19. The van der Waals surface area contributed by atoms with Crippen LogP contribution in [0.25, 0.3) is 0 Å². The first-order valence-corrected chi connectivity index (χ1v) is 9.27. The highest BCUT2D eigenvalue weighted by molar-refractivity contribution is 5.90. The first-order chi connectivity index (χ1) is 13.5. The number of nitrogens with one attached hydrogen (secondary N) is 2. The van der Waals surface area contributed by atoms with Gasteiger partial charge in [0.2, 0.25) is 5.91 Å². The Kier molecular flexibility index (Phi) is 6.47. The third-order valence-electron chi connectivity index (χ3n) is 4.80. The van der Waals surface area contributed by atoms with Gasteiger partial charge in [-0.1, -0.05) is 12.1 Å². The van der Waals surface area contributed by atoms with E-state index in [1.54, 1.807) is 12.0 Å². The van der Waals surface area contributed by atoms with E-state index in [-0.39, 0.29) is 23.7 Å². The lowest BCUT2D eigenvalue weighted by molar-refractivity contribution is -0.126. The van der Waals surface area contributed by atoms with E-state index in [0.29, 0.717) is 25.3 Å². The van der Waals surface area contributed by atoms with Gasteiger partial charge in [-0.25, -0.2) is 9.18 Å². The van der Waals surface area contributed by atoms with Crippen molar-refractivity contribution in [3.63, 3.8) is 0 Å². The summed E-state index contributed by atoms with van der Waals surface area (Å²) in [7, 11) is 1.61. The second kappa shape index (κ2) is 9.21. The number of rotatable bonds is 5. The van der Waals surface area contributed by atoms with Crippen molar-refractivity contribution in [2.45, 2.75) is 19.4 Å². The van der Waals surface area contributed by atoms with Crippen molar-refractivity contribution in [3.8, 4) is 5.75 Å². The average molecular weight is 385 g/mol. The maximum Gasteiger partial charge on any atom is 0.321 e. The average Bonchev–Trinajstić information content (AvgIpc) is 2.74. The van der Waals surface area contributed by atoms with E-state index in [0.717, 1.165) is 24.2 Å². The summed E-state index contributed by atoms with van der Waals surface area (Å²) >= 11 is 0. The van der Waals surface area contributed by atoms with Gasteiger partial charge in [-0.3, -0.25) is 4.79 Å². The van der Waals surface area contributed by atoms with Crippen molar-refractivity contribution >= 4 is 17.6 Å². The largest absolute Gasteiger partial charge is 0.497 e. The van der Waals surface area contributed by atoms with Crippen LogP contribution in [-0.2, 0) is 11.3 Å². The number of urea groups is 1. The van der Waals surface area contributed by atoms with E-state index in [2.05, 4.69) is 10.6 Å². The summed E-state index contributed by atoms with van der Waals surface area (Å²) in [6, 6.07) is 12.8. The van der Waals surface area contributed by atoms with E-state index < -0.39 is 0 Å². The molecule has 0 spiro atoms. The Hall–Kier alpha value is -3.09. The Morgan fingerprint density at radius 1 is 1.14 bits per heavy atom. The van der Waals surface area contributed by atoms with E-state index in [9.17, 15) is 14.0 Å². The zero-order valence-electron chi connectivity index (χ0n) is 15.8. The number of nitrogens with zero attached hydrogens (tertiary/aromatic N) is 1. The predicted molar refractivity (Wildman–Crippen MR) is 105 cm³/mol. The molecule has 6 nitrogen and oxygen atoms in total. The molecule has 0 saturated carbocycles. The molecule has 0 aliphatic carbocycles. The third-order valence-corrected chi connectivity index (χ3v) is 4.80. The second-order valence-electron chi connectivity index (χ2n) is 6.79. The third kappa shape index (κ3) is 5.22. The van der Waals surface area contributed by atoms with E-state index in [1.165, 1.54) is 24.3 Å². The van der Waals surface area contributed by atoms with Gasteiger partial charge in [0.1, 0.15) is 11.6 Å². The van der Waals surface area contributed by atoms with Gasteiger partial charge in [0.15, 0.2) is 0 Å². The molecule has 28 heavy (non-hydrogen) atoms. The van der Waals surface area contributed by atoms with Gasteiger partial charge < -0.3 is 20.3 Å². The van der Waals surface area contributed by atoms with Crippen LogP contribution in [0.5, 0.6) is 5.75 Å². The molecule has 2 N–H and O–H groups in total. The number of anilines is 1. The molecular formula is C21H24FN3O3. The lowest BCUT2D eigenvalue weighted by atomic mass is 9.97. The van der Waals surface area contributed by atoms with Crippen molar-refractivity contribution in [1.29, 1.82) is 0 Å². The summed E-state index contributed by atoms with van der Waals surface area (Å²) in [5.74, 6) is 0.107. The van der Waals surface area contributed by atoms with Crippen molar-refractivity contribution < 1.29 is 18.7 Å². The number of methoxy groups -OCH3 is 1. The number of hydrogen-bond acceptors (Lipinski definition) is 3. The van der Waals surface area contributed by atoms with Crippen LogP contribution in [0.2, 0.25) is 0 Å².